The fourth-order valence-electron chi connectivity index (χ4n) is 2.08. The van der Waals surface area contributed by atoms with Crippen molar-refractivity contribution >= 4 is 17.7 Å². The van der Waals surface area contributed by atoms with Crippen molar-refractivity contribution in [3.05, 3.63) is 0 Å². The molecule has 1 fully saturated rings. The summed E-state index contributed by atoms with van der Waals surface area (Å²) in [6, 6.07) is 0.395. The number of carbonyl (C=O) groups is 1. The van der Waals surface area contributed by atoms with Gasteiger partial charge in [-0.1, -0.05) is 20.8 Å². The third-order valence-corrected chi connectivity index (χ3v) is 4.56. The van der Waals surface area contributed by atoms with Crippen molar-refractivity contribution in [3.8, 4) is 0 Å². The number of likely N-dealkylation sites (N-methyl/N-ethyl adjacent to an activating group) is 1. The first-order valence-electron chi connectivity index (χ1n) is 6.16. The monoisotopic (exact) mass is 244 g/mol. The van der Waals surface area contributed by atoms with E-state index in [2.05, 4.69) is 26.1 Å². The van der Waals surface area contributed by atoms with Crippen molar-refractivity contribution in [2.45, 2.75) is 38.5 Å². The van der Waals surface area contributed by atoms with E-state index in [0.29, 0.717) is 17.9 Å². The molecule has 1 amide bonds. The van der Waals surface area contributed by atoms with Crippen molar-refractivity contribution in [1.82, 2.24) is 10.2 Å². The van der Waals surface area contributed by atoms with Gasteiger partial charge in [0.25, 0.3) is 0 Å². The summed E-state index contributed by atoms with van der Waals surface area (Å²) in [5.74, 6) is 1.72. The van der Waals surface area contributed by atoms with Gasteiger partial charge in [-0.2, -0.15) is 0 Å². The fourth-order valence-corrected chi connectivity index (χ4v) is 3.13. The molecule has 1 saturated heterocycles. The number of rotatable bonds is 5. The highest BCUT2D eigenvalue weighted by molar-refractivity contribution is 8.00. The Labute approximate surface area is 103 Å². The Balaban J connectivity index is 2.58. The molecule has 1 heterocycles. The largest absolute Gasteiger partial charge is 0.340 e. The van der Waals surface area contributed by atoms with E-state index in [1.807, 2.05) is 11.9 Å². The van der Waals surface area contributed by atoms with Gasteiger partial charge in [0, 0.05) is 19.6 Å². The summed E-state index contributed by atoms with van der Waals surface area (Å²) in [4.78, 5) is 14.3. The highest BCUT2D eigenvalue weighted by Crippen LogP contribution is 2.22. The van der Waals surface area contributed by atoms with E-state index in [1.54, 1.807) is 11.8 Å². The molecule has 0 aromatic carbocycles. The van der Waals surface area contributed by atoms with Crippen molar-refractivity contribution < 1.29 is 4.79 Å². The normalized spacial score (nSPS) is 22.4. The smallest absolute Gasteiger partial charge is 0.235 e. The first-order chi connectivity index (χ1) is 7.57. The van der Waals surface area contributed by atoms with Gasteiger partial charge in [0.1, 0.15) is 0 Å². The molecule has 16 heavy (non-hydrogen) atoms. The number of hydrogen-bond donors (Lipinski definition) is 1. The zero-order chi connectivity index (χ0) is 12.1. The molecule has 1 rings (SSSR count). The van der Waals surface area contributed by atoms with Crippen LogP contribution in [0.1, 0.15) is 27.2 Å². The van der Waals surface area contributed by atoms with Crippen LogP contribution in [0.15, 0.2) is 0 Å². The van der Waals surface area contributed by atoms with Gasteiger partial charge in [-0.3, -0.25) is 4.79 Å². The SMILES string of the molecule is CCSC(C(=O)N(C)C1CCNC1)C(C)C. The zero-order valence-electron chi connectivity index (χ0n) is 10.8. The van der Waals surface area contributed by atoms with E-state index in [9.17, 15) is 4.79 Å². The number of nitrogens with zero attached hydrogens (tertiary/aromatic N) is 1. The van der Waals surface area contributed by atoms with Crippen LogP contribution in [0.2, 0.25) is 0 Å². The van der Waals surface area contributed by atoms with E-state index in [0.717, 1.165) is 25.3 Å². The summed E-state index contributed by atoms with van der Waals surface area (Å²) in [6.45, 7) is 8.36. The lowest BCUT2D eigenvalue weighted by molar-refractivity contribution is -0.131. The molecular weight excluding hydrogens is 220 g/mol. The number of amides is 1. The van der Waals surface area contributed by atoms with Gasteiger partial charge in [0.2, 0.25) is 5.91 Å². The molecule has 3 nitrogen and oxygen atoms in total. The van der Waals surface area contributed by atoms with Gasteiger partial charge in [-0.15, -0.1) is 11.8 Å². The van der Waals surface area contributed by atoms with Gasteiger partial charge < -0.3 is 10.2 Å². The van der Waals surface area contributed by atoms with Crippen LogP contribution in [0.25, 0.3) is 0 Å². The Hall–Kier alpha value is -0.220. The molecular formula is C12H24N2OS. The average molecular weight is 244 g/mol. The maximum Gasteiger partial charge on any atom is 0.235 e. The Morgan fingerprint density at radius 3 is 2.69 bits per heavy atom. The highest BCUT2D eigenvalue weighted by Gasteiger charge is 2.30. The lowest BCUT2D eigenvalue weighted by atomic mass is 10.1. The predicted molar refractivity (Wildman–Crippen MR) is 70.8 cm³/mol. The third-order valence-electron chi connectivity index (χ3n) is 3.12. The Kier molecular flexibility index (Phi) is 5.62. The zero-order valence-corrected chi connectivity index (χ0v) is 11.6. The van der Waals surface area contributed by atoms with E-state index < -0.39 is 0 Å². The van der Waals surface area contributed by atoms with E-state index >= 15 is 0 Å². The number of thioether (sulfide) groups is 1. The summed E-state index contributed by atoms with van der Waals surface area (Å²) >= 11 is 1.77. The lowest BCUT2D eigenvalue weighted by Gasteiger charge is -2.29. The Bertz CT molecular complexity index is 227. The van der Waals surface area contributed by atoms with E-state index in [1.165, 1.54) is 0 Å². The molecule has 2 unspecified atom stereocenters. The van der Waals surface area contributed by atoms with Gasteiger partial charge in [0.05, 0.1) is 5.25 Å². The van der Waals surface area contributed by atoms with Gasteiger partial charge in [-0.25, -0.2) is 0 Å². The highest BCUT2D eigenvalue weighted by atomic mass is 32.2. The molecule has 1 N–H and O–H groups in total. The third kappa shape index (κ3) is 3.39. The quantitative estimate of drug-likeness (QED) is 0.797. The second-order valence-corrected chi connectivity index (χ2v) is 6.13. The molecule has 1 aliphatic heterocycles. The molecule has 0 saturated carbocycles. The van der Waals surface area contributed by atoms with Crippen LogP contribution in [0, 0.1) is 5.92 Å². The van der Waals surface area contributed by atoms with Gasteiger partial charge in [-0.05, 0) is 24.6 Å². The minimum atomic E-state index is 0.121. The lowest BCUT2D eigenvalue weighted by Crippen LogP contribution is -2.44. The minimum Gasteiger partial charge on any atom is -0.340 e. The summed E-state index contributed by atoms with van der Waals surface area (Å²) < 4.78 is 0. The molecule has 1 aliphatic rings. The van der Waals surface area contributed by atoms with Crippen molar-refractivity contribution in [2.75, 3.05) is 25.9 Å². The first kappa shape index (κ1) is 13.8. The average Bonchev–Trinajstić information content (AvgIpc) is 2.76. The number of nitrogens with one attached hydrogen (secondary N) is 1. The van der Waals surface area contributed by atoms with Crippen molar-refractivity contribution in [1.29, 1.82) is 0 Å². The Morgan fingerprint density at radius 2 is 2.25 bits per heavy atom. The maximum absolute atomic E-state index is 12.3. The van der Waals surface area contributed by atoms with E-state index in [4.69, 9.17) is 0 Å². The van der Waals surface area contributed by atoms with Crippen LogP contribution in [-0.2, 0) is 4.79 Å². The second kappa shape index (κ2) is 6.50. The minimum absolute atomic E-state index is 0.121. The molecule has 94 valence electrons. The molecule has 0 aromatic rings. The van der Waals surface area contributed by atoms with Crippen LogP contribution < -0.4 is 5.32 Å². The number of carbonyl (C=O) groups excluding carboxylic acids is 1. The van der Waals surface area contributed by atoms with Gasteiger partial charge in [0.15, 0.2) is 0 Å². The van der Waals surface area contributed by atoms with Crippen molar-refractivity contribution in [2.24, 2.45) is 5.92 Å². The summed E-state index contributed by atoms with van der Waals surface area (Å²) in [7, 11) is 1.95. The summed E-state index contributed by atoms with van der Waals surface area (Å²) in [5.41, 5.74) is 0. The second-order valence-electron chi connectivity index (χ2n) is 4.72. The number of hydrogen-bond acceptors (Lipinski definition) is 3. The standard InChI is InChI=1S/C12H24N2OS/c1-5-16-11(9(2)3)12(15)14(4)10-6-7-13-8-10/h9-11,13H,5-8H2,1-4H3. The maximum atomic E-state index is 12.3. The topological polar surface area (TPSA) is 32.3 Å². The molecule has 0 aromatic heterocycles. The molecule has 0 spiro atoms. The van der Waals surface area contributed by atoms with Gasteiger partial charge >= 0.3 is 0 Å². The first-order valence-corrected chi connectivity index (χ1v) is 7.21. The van der Waals surface area contributed by atoms with Crippen LogP contribution in [0.3, 0.4) is 0 Å². The van der Waals surface area contributed by atoms with Crippen LogP contribution in [-0.4, -0.2) is 48.0 Å². The van der Waals surface area contributed by atoms with Crippen LogP contribution in [0.4, 0.5) is 0 Å². The molecule has 0 radical (unpaired) electrons. The fraction of sp³-hybridized carbons (Fsp3) is 0.917. The summed E-state index contributed by atoms with van der Waals surface area (Å²) in [5, 5.41) is 3.43. The molecule has 2 atom stereocenters. The van der Waals surface area contributed by atoms with Crippen LogP contribution in [0.5, 0.6) is 0 Å². The summed E-state index contributed by atoms with van der Waals surface area (Å²) in [6.07, 6.45) is 1.09. The molecule has 4 heteroatoms. The van der Waals surface area contributed by atoms with Crippen molar-refractivity contribution in [3.63, 3.8) is 0 Å². The van der Waals surface area contributed by atoms with Crippen LogP contribution >= 0.6 is 11.8 Å². The molecule has 0 bridgehead atoms. The molecule has 0 aliphatic carbocycles. The Morgan fingerprint density at radius 1 is 1.56 bits per heavy atom. The van der Waals surface area contributed by atoms with E-state index in [-0.39, 0.29) is 5.25 Å². The predicted octanol–water partition coefficient (Wildman–Crippen LogP) is 1.58.